The zero-order valence-corrected chi connectivity index (χ0v) is 15.8. The second-order valence-corrected chi connectivity index (χ2v) is 6.26. The Morgan fingerprint density at radius 2 is 1.93 bits per heavy atom. The number of nitrogen functional groups attached to an aromatic ring is 1. The number of rotatable bonds is 6. The van der Waals surface area contributed by atoms with Gasteiger partial charge in [-0.3, -0.25) is 10.4 Å². The summed E-state index contributed by atoms with van der Waals surface area (Å²) in [6, 6.07) is 14.2. The quantitative estimate of drug-likeness (QED) is 0.335. The lowest BCUT2D eigenvalue weighted by atomic mass is 9.93. The molecule has 0 saturated carbocycles. The molecule has 0 aliphatic heterocycles. The number of benzene rings is 2. The molecule has 142 valence electrons. The van der Waals surface area contributed by atoms with Crippen molar-refractivity contribution in [2.24, 2.45) is 4.99 Å². The van der Waals surface area contributed by atoms with E-state index in [1.165, 1.54) is 12.3 Å². The molecule has 0 unspecified atom stereocenters. The van der Waals surface area contributed by atoms with Crippen LogP contribution in [-0.4, -0.2) is 24.0 Å². The van der Waals surface area contributed by atoms with Crippen LogP contribution in [0.3, 0.4) is 0 Å². The highest BCUT2D eigenvalue weighted by molar-refractivity contribution is 6.18. The first kappa shape index (κ1) is 19.2. The van der Waals surface area contributed by atoms with Gasteiger partial charge >= 0.3 is 0 Å². The Kier molecular flexibility index (Phi) is 5.79. The Morgan fingerprint density at radius 3 is 2.61 bits per heavy atom. The summed E-state index contributed by atoms with van der Waals surface area (Å²) in [6.07, 6.45) is 3.88. The van der Waals surface area contributed by atoms with E-state index < -0.39 is 5.95 Å². The lowest BCUT2D eigenvalue weighted by Crippen LogP contribution is -2.11. The molecule has 0 amide bonds. The fourth-order valence-electron chi connectivity index (χ4n) is 3.06. The maximum absolute atomic E-state index is 13.2. The van der Waals surface area contributed by atoms with Gasteiger partial charge in [-0.2, -0.15) is 4.39 Å². The molecular weight excluding hydrogens is 353 g/mol. The first-order chi connectivity index (χ1) is 13.5. The van der Waals surface area contributed by atoms with Crippen LogP contribution in [-0.2, 0) is 6.42 Å². The fourth-order valence-corrected chi connectivity index (χ4v) is 3.06. The lowest BCUT2D eigenvalue weighted by molar-refractivity contribution is 0.584. The molecule has 0 saturated heterocycles. The number of hydrogen-bond donors (Lipinski definition) is 3. The highest BCUT2D eigenvalue weighted by atomic mass is 19.1. The topological polar surface area (TPSA) is 87.2 Å². The second kappa shape index (κ2) is 8.43. The molecule has 1 heterocycles. The van der Waals surface area contributed by atoms with Crippen LogP contribution < -0.4 is 11.1 Å². The van der Waals surface area contributed by atoms with Gasteiger partial charge in [0.2, 0.25) is 5.95 Å². The number of halogens is 1. The molecule has 0 spiro atoms. The van der Waals surface area contributed by atoms with E-state index in [-0.39, 0.29) is 0 Å². The number of nitrogens with one attached hydrogen (secondary N) is 2. The molecule has 4 N–H and O–H groups in total. The molecule has 6 heteroatoms. The number of aliphatic imine (C=N–C) groups is 1. The summed E-state index contributed by atoms with van der Waals surface area (Å²) in [5, 5.41) is 12.2. The molecule has 0 bridgehead atoms. The van der Waals surface area contributed by atoms with Gasteiger partial charge in [0.05, 0.1) is 23.3 Å². The second-order valence-electron chi connectivity index (χ2n) is 6.26. The van der Waals surface area contributed by atoms with Crippen LogP contribution in [0, 0.1) is 11.4 Å². The molecule has 0 radical (unpaired) electrons. The molecule has 2 aromatic carbocycles. The number of hydrogen-bond acceptors (Lipinski definition) is 5. The van der Waals surface area contributed by atoms with Crippen molar-refractivity contribution in [2.75, 3.05) is 18.1 Å². The van der Waals surface area contributed by atoms with Crippen LogP contribution in [0.2, 0.25) is 0 Å². The Balaban J connectivity index is 2.11. The minimum atomic E-state index is -0.537. The van der Waals surface area contributed by atoms with E-state index in [1.54, 1.807) is 25.4 Å². The van der Waals surface area contributed by atoms with Crippen LogP contribution >= 0.6 is 0 Å². The Morgan fingerprint density at radius 1 is 1.18 bits per heavy atom. The van der Waals surface area contributed by atoms with Gasteiger partial charge < -0.3 is 11.1 Å². The van der Waals surface area contributed by atoms with Crippen molar-refractivity contribution in [2.45, 2.75) is 13.3 Å². The molecule has 0 aliphatic carbocycles. The number of nitrogens with two attached hydrogens (primary N) is 1. The molecule has 1 aromatic heterocycles. The number of para-hydroxylation sites is 1. The minimum absolute atomic E-state index is 0.329. The van der Waals surface area contributed by atoms with Gasteiger partial charge in [-0.15, -0.1) is 0 Å². The predicted molar refractivity (Wildman–Crippen MR) is 114 cm³/mol. The van der Waals surface area contributed by atoms with Crippen molar-refractivity contribution in [3.8, 4) is 0 Å². The molecule has 3 rings (SSSR count). The normalized spacial score (nSPS) is 11.0. The van der Waals surface area contributed by atoms with Crippen molar-refractivity contribution >= 4 is 29.0 Å². The number of nitrogens with zero attached hydrogens (tertiary/aromatic N) is 2. The summed E-state index contributed by atoms with van der Waals surface area (Å²) in [5.74, 6) is -0.537. The fraction of sp³-hybridized carbons (Fsp3) is 0.136. The standard InChI is InChI=1S/C22H22FN5/c1-3-14-6-4-8-17(22(14)28-15-10-11-20(23)27-12-15)21(25)16-7-5-9-19(24)18(16)13-26-2/h4-13,25,28H,3,24H2,1-2H3. The number of pyridine rings is 1. The molecular formula is C22H22FN5. The van der Waals surface area contributed by atoms with Crippen molar-refractivity contribution in [1.82, 2.24) is 4.98 Å². The van der Waals surface area contributed by atoms with Gasteiger partial charge in [0.1, 0.15) is 0 Å². The van der Waals surface area contributed by atoms with Gasteiger partial charge in [-0.05, 0) is 30.2 Å². The van der Waals surface area contributed by atoms with E-state index in [2.05, 4.69) is 15.3 Å². The number of aryl methyl sites for hydroxylation is 1. The number of anilines is 3. The zero-order chi connectivity index (χ0) is 20.1. The van der Waals surface area contributed by atoms with Crippen molar-refractivity contribution < 1.29 is 4.39 Å². The lowest BCUT2D eigenvalue weighted by Gasteiger charge is -2.18. The molecule has 5 nitrogen and oxygen atoms in total. The van der Waals surface area contributed by atoms with E-state index in [9.17, 15) is 4.39 Å². The van der Waals surface area contributed by atoms with Crippen LogP contribution in [0.25, 0.3) is 0 Å². The number of aromatic nitrogens is 1. The van der Waals surface area contributed by atoms with E-state index in [1.807, 2.05) is 37.3 Å². The summed E-state index contributed by atoms with van der Waals surface area (Å²) >= 11 is 0. The maximum atomic E-state index is 13.2. The van der Waals surface area contributed by atoms with Crippen molar-refractivity contribution in [1.29, 1.82) is 5.41 Å². The average Bonchev–Trinajstić information content (AvgIpc) is 2.71. The van der Waals surface area contributed by atoms with Crippen LogP contribution in [0.1, 0.15) is 29.2 Å². The van der Waals surface area contributed by atoms with Crippen LogP contribution in [0.5, 0.6) is 0 Å². The molecule has 0 atom stereocenters. The first-order valence-corrected chi connectivity index (χ1v) is 8.95. The summed E-state index contributed by atoms with van der Waals surface area (Å²) in [7, 11) is 1.67. The van der Waals surface area contributed by atoms with E-state index in [0.717, 1.165) is 23.2 Å². The third-order valence-electron chi connectivity index (χ3n) is 4.47. The monoisotopic (exact) mass is 375 g/mol. The Hall–Kier alpha value is -3.54. The summed E-state index contributed by atoms with van der Waals surface area (Å²) < 4.78 is 13.2. The van der Waals surface area contributed by atoms with Crippen molar-refractivity contribution in [3.63, 3.8) is 0 Å². The van der Waals surface area contributed by atoms with Crippen LogP contribution in [0.15, 0.2) is 59.7 Å². The maximum Gasteiger partial charge on any atom is 0.212 e. The zero-order valence-electron chi connectivity index (χ0n) is 15.8. The molecule has 28 heavy (non-hydrogen) atoms. The summed E-state index contributed by atoms with van der Waals surface area (Å²) in [6.45, 7) is 2.05. The minimum Gasteiger partial charge on any atom is -0.398 e. The molecule has 0 aliphatic rings. The highest BCUT2D eigenvalue weighted by Crippen LogP contribution is 2.29. The van der Waals surface area contributed by atoms with Gasteiger partial charge in [0.15, 0.2) is 0 Å². The third kappa shape index (κ3) is 3.91. The summed E-state index contributed by atoms with van der Waals surface area (Å²) in [5.41, 5.74) is 11.6. The average molecular weight is 375 g/mol. The smallest absolute Gasteiger partial charge is 0.212 e. The van der Waals surface area contributed by atoms with E-state index in [0.29, 0.717) is 28.2 Å². The highest BCUT2D eigenvalue weighted by Gasteiger charge is 2.17. The van der Waals surface area contributed by atoms with Gasteiger partial charge in [-0.1, -0.05) is 37.3 Å². The molecule has 0 fully saturated rings. The Bertz CT molecular complexity index is 1030. The van der Waals surface area contributed by atoms with Crippen molar-refractivity contribution in [3.05, 3.63) is 82.9 Å². The summed E-state index contributed by atoms with van der Waals surface area (Å²) in [4.78, 5) is 7.77. The van der Waals surface area contributed by atoms with Gasteiger partial charge in [0, 0.05) is 35.6 Å². The van der Waals surface area contributed by atoms with E-state index in [4.69, 9.17) is 11.1 Å². The largest absolute Gasteiger partial charge is 0.398 e. The van der Waals surface area contributed by atoms with Crippen LogP contribution in [0.4, 0.5) is 21.5 Å². The molecule has 3 aromatic rings. The van der Waals surface area contributed by atoms with E-state index >= 15 is 0 Å². The van der Waals surface area contributed by atoms with Gasteiger partial charge in [0.25, 0.3) is 0 Å². The van der Waals surface area contributed by atoms with Gasteiger partial charge in [-0.25, -0.2) is 4.98 Å². The first-order valence-electron chi connectivity index (χ1n) is 8.95. The SMILES string of the molecule is CCc1cccc(C(=N)c2cccc(N)c2C=NC)c1Nc1ccc(F)nc1. The Labute approximate surface area is 163 Å². The third-order valence-corrected chi connectivity index (χ3v) is 4.47. The predicted octanol–water partition coefficient (Wildman–Crippen LogP) is 4.57.